The molecule has 1 atom stereocenters. The lowest BCUT2D eigenvalue weighted by atomic mass is 10.2. The zero-order valence-electron chi connectivity index (χ0n) is 8.97. The Balaban J connectivity index is 1.93. The zero-order valence-corrected chi connectivity index (χ0v) is 9.78. The molecule has 1 unspecified atom stereocenters. The molecular weight excluding hydrogens is 249 g/mol. The summed E-state index contributed by atoms with van der Waals surface area (Å²) < 4.78 is 34.1. The third kappa shape index (κ3) is 2.82. The Hall–Kier alpha value is -1.44. The summed E-state index contributed by atoms with van der Waals surface area (Å²) in [5, 5.41) is 5.19. The van der Waals surface area contributed by atoms with Crippen LogP contribution in [-0.4, -0.2) is 47.8 Å². The maximum Gasteiger partial charge on any atom is 0.307 e. The van der Waals surface area contributed by atoms with Gasteiger partial charge in [0, 0.05) is 25.7 Å². The molecule has 8 heteroatoms. The lowest BCUT2D eigenvalue weighted by Crippen LogP contribution is -2.29. The van der Waals surface area contributed by atoms with Crippen molar-refractivity contribution in [3.05, 3.63) is 18.0 Å². The van der Waals surface area contributed by atoms with Gasteiger partial charge >= 0.3 is 10.2 Å². The van der Waals surface area contributed by atoms with E-state index in [0.717, 1.165) is 5.56 Å². The van der Waals surface area contributed by atoms with Crippen LogP contribution >= 0.6 is 0 Å². The van der Waals surface area contributed by atoms with Gasteiger partial charge in [-0.15, -0.1) is 3.89 Å². The Morgan fingerprint density at radius 1 is 1.59 bits per heavy atom. The summed E-state index contributed by atoms with van der Waals surface area (Å²) in [6.07, 6.45) is 3.64. The monoisotopic (exact) mass is 261 g/mol. The van der Waals surface area contributed by atoms with Crippen LogP contribution in [-0.2, 0) is 21.4 Å². The normalized spacial score (nSPS) is 21.1. The van der Waals surface area contributed by atoms with E-state index in [4.69, 9.17) is 0 Å². The first-order chi connectivity index (χ1) is 7.97. The van der Waals surface area contributed by atoms with Crippen molar-refractivity contribution in [1.29, 1.82) is 0 Å². The van der Waals surface area contributed by atoms with Crippen molar-refractivity contribution in [3.8, 4) is 0 Å². The van der Waals surface area contributed by atoms with Crippen LogP contribution in [0.15, 0.2) is 12.4 Å². The van der Waals surface area contributed by atoms with Crippen molar-refractivity contribution in [2.75, 3.05) is 13.1 Å². The number of rotatable bonds is 4. The fourth-order valence-corrected chi connectivity index (χ4v) is 2.52. The number of aromatic nitrogens is 2. The van der Waals surface area contributed by atoms with Gasteiger partial charge in [0.2, 0.25) is 5.91 Å². The van der Waals surface area contributed by atoms with E-state index in [1.54, 1.807) is 12.4 Å². The SMILES string of the molecule is O=C1CC(S(=O)(=O)F)CN1CCc1cn[nH]c1. The summed E-state index contributed by atoms with van der Waals surface area (Å²) in [6, 6.07) is 0. The Kier molecular flexibility index (Phi) is 3.14. The lowest BCUT2D eigenvalue weighted by molar-refractivity contribution is -0.127. The van der Waals surface area contributed by atoms with Gasteiger partial charge in [0.1, 0.15) is 5.25 Å². The summed E-state index contributed by atoms with van der Waals surface area (Å²) in [7, 11) is -4.62. The van der Waals surface area contributed by atoms with E-state index in [-0.39, 0.29) is 18.9 Å². The number of halogens is 1. The quantitative estimate of drug-likeness (QED) is 0.764. The van der Waals surface area contributed by atoms with Crippen LogP contribution in [0.3, 0.4) is 0 Å². The van der Waals surface area contributed by atoms with Crippen LogP contribution in [0.1, 0.15) is 12.0 Å². The first kappa shape index (κ1) is 12.0. The highest BCUT2D eigenvalue weighted by Gasteiger charge is 2.37. The van der Waals surface area contributed by atoms with Gasteiger partial charge < -0.3 is 4.90 Å². The van der Waals surface area contributed by atoms with Gasteiger partial charge in [0.15, 0.2) is 0 Å². The molecule has 1 saturated heterocycles. The number of aromatic amines is 1. The molecule has 1 aromatic rings. The molecule has 0 radical (unpaired) electrons. The predicted octanol–water partition coefficient (Wildman–Crippen LogP) is -0.148. The number of carbonyl (C=O) groups excluding carboxylic acids is 1. The summed E-state index contributed by atoms with van der Waals surface area (Å²) in [6.45, 7) is 0.319. The number of amides is 1. The average Bonchev–Trinajstić information content (AvgIpc) is 2.83. The molecule has 1 amide bonds. The molecule has 94 valence electrons. The largest absolute Gasteiger partial charge is 0.341 e. The van der Waals surface area contributed by atoms with Gasteiger partial charge in [-0.2, -0.15) is 13.5 Å². The minimum absolute atomic E-state index is 0.0600. The Morgan fingerprint density at radius 3 is 2.88 bits per heavy atom. The second-order valence-corrected chi connectivity index (χ2v) is 5.62. The molecule has 1 aliphatic rings. The van der Waals surface area contributed by atoms with Crippen LogP contribution in [0.25, 0.3) is 0 Å². The second-order valence-electron chi connectivity index (χ2n) is 4.00. The topological polar surface area (TPSA) is 83.1 Å². The molecule has 0 spiro atoms. The van der Waals surface area contributed by atoms with E-state index >= 15 is 0 Å². The molecule has 1 aromatic heterocycles. The Morgan fingerprint density at radius 2 is 2.35 bits per heavy atom. The standard InChI is InChI=1S/C9H12FN3O3S/c10-17(15,16)8-3-9(14)13(6-8)2-1-7-4-11-12-5-7/h4-5,8H,1-3,6H2,(H,11,12). The third-order valence-corrected chi connectivity index (χ3v) is 3.91. The predicted molar refractivity (Wildman–Crippen MR) is 57.3 cm³/mol. The summed E-state index contributed by atoms with van der Waals surface area (Å²) in [5.74, 6) is -0.320. The van der Waals surface area contributed by atoms with Gasteiger partial charge in [-0.25, -0.2) is 0 Å². The molecule has 0 aliphatic carbocycles. The summed E-state index contributed by atoms with van der Waals surface area (Å²) >= 11 is 0. The van der Waals surface area contributed by atoms with Gasteiger partial charge in [0.05, 0.1) is 6.20 Å². The van der Waals surface area contributed by atoms with Crippen LogP contribution in [0.4, 0.5) is 3.89 Å². The highest BCUT2D eigenvalue weighted by molar-refractivity contribution is 7.87. The van der Waals surface area contributed by atoms with Crippen LogP contribution in [0.2, 0.25) is 0 Å². The molecular formula is C9H12FN3O3S. The molecule has 2 rings (SSSR count). The van der Waals surface area contributed by atoms with Crippen molar-refractivity contribution >= 4 is 16.1 Å². The number of likely N-dealkylation sites (tertiary alicyclic amines) is 1. The fraction of sp³-hybridized carbons (Fsp3) is 0.556. The maximum absolute atomic E-state index is 12.7. The summed E-state index contributed by atoms with van der Waals surface area (Å²) in [4.78, 5) is 12.8. The zero-order chi connectivity index (χ0) is 12.5. The molecule has 0 aromatic carbocycles. The summed E-state index contributed by atoms with van der Waals surface area (Å²) in [5.41, 5.74) is 0.921. The van der Waals surface area contributed by atoms with E-state index in [1.165, 1.54) is 4.90 Å². The van der Waals surface area contributed by atoms with Crippen LogP contribution < -0.4 is 0 Å². The average molecular weight is 261 g/mol. The highest BCUT2D eigenvalue weighted by Crippen LogP contribution is 2.19. The van der Waals surface area contributed by atoms with Gasteiger partial charge in [0.25, 0.3) is 0 Å². The minimum atomic E-state index is -4.62. The Bertz CT molecular complexity index is 500. The van der Waals surface area contributed by atoms with Crippen molar-refractivity contribution in [3.63, 3.8) is 0 Å². The molecule has 0 saturated carbocycles. The molecule has 0 bridgehead atoms. The van der Waals surface area contributed by atoms with E-state index in [2.05, 4.69) is 10.2 Å². The van der Waals surface area contributed by atoms with Crippen molar-refractivity contribution in [1.82, 2.24) is 15.1 Å². The maximum atomic E-state index is 12.7. The number of nitrogens with one attached hydrogen (secondary N) is 1. The number of carbonyl (C=O) groups is 1. The van der Waals surface area contributed by atoms with E-state index in [9.17, 15) is 17.1 Å². The number of hydrogen-bond acceptors (Lipinski definition) is 4. The number of nitrogens with zero attached hydrogens (tertiary/aromatic N) is 2. The van der Waals surface area contributed by atoms with Crippen LogP contribution in [0.5, 0.6) is 0 Å². The van der Waals surface area contributed by atoms with E-state index < -0.39 is 15.5 Å². The molecule has 1 fully saturated rings. The van der Waals surface area contributed by atoms with Crippen molar-refractivity contribution < 1.29 is 17.1 Å². The van der Waals surface area contributed by atoms with E-state index in [1.807, 2.05) is 0 Å². The molecule has 1 N–H and O–H groups in total. The number of hydrogen-bond donors (Lipinski definition) is 1. The van der Waals surface area contributed by atoms with E-state index in [0.29, 0.717) is 13.0 Å². The molecule has 17 heavy (non-hydrogen) atoms. The molecule has 2 heterocycles. The van der Waals surface area contributed by atoms with Gasteiger partial charge in [-0.05, 0) is 12.0 Å². The van der Waals surface area contributed by atoms with Gasteiger partial charge in [-0.3, -0.25) is 9.89 Å². The Labute approximate surface area is 98.0 Å². The first-order valence-corrected chi connectivity index (χ1v) is 6.60. The second kappa shape index (κ2) is 4.44. The third-order valence-electron chi connectivity index (χ3n) is 2.80. The van der Waals surface area contributed by atoms with Gasteiger partial charge in [-0.1, -0.05) is 0 Å². The number of H-pyrrole nitrogens is 1. The lowest BCUT2D eigenvalue weighted by Gasteiger charge is -2.14. The smallest absolute Gasteiger partial charge is 0.307 e. The van der Waals surface area contributed by atoms with Crippen molar-refractivity contribution in [2.45, 2.75) is 18.1 Å². The van der Waals surface area contributed by atoms with Crippen molar-refractivity contribution in [2.24, 2.45) is 0 Å². The molecule has 1 aliphatic heterocycles. The fourth-order valence-electron chi connectivity index (χ4n) is 1.82. The van der Waals surface area contributed by atoms with Crippen LogP contribution in [0, 0.1) is 0 Å². The molecule has 6 nitrogen and oxygen atoms in total. The highest BCUT2D eigenvalue weighted by atomic mass is 32.3. The minimum Gasteiger partial charge on any atom is -0.341 e. The first-order valence-electron chi connectivity index (χ1n) is 5.15.